The maximum atomic E-state index is 2.24. The average molecular weight is 258 g/mol. The van der Waals surface area contributed by atoms with Crippen LogP contribution in [-0.2, 0) is 6.42 Å². The van der Waals surface area contributed by atoms with E-state index in [4.69, 9.17) is 0 Å². The van der Waals surface area contributed by atoms with E-state index in [-0.39, 0.29) is 0 Å². The summed E-state index contributed by atoms with van der Waals surface area (Å²) < 4.78 is 0. The zero-order valence-corrected chi connectivity index (χ0v) is 11.2. The SMILES string of the molecule is c1ccc([NH+]2c3ccccc3Cc3ccccc32)cc1. The lowest BCUT2D eigenvalue weighted by atomic mass is 9.95. The topological polar surface area (TPSA) is 4.44 Å². The lowest BCUT2D eigenvalue weighted by molar-refractivity contribution is -0.683. The molecule has 1 nitrogen and oxygen atoms in total. The number of fused-ring (bicyclic) bond motifs is 2. The molecule has 0 saturated heterocycles. The molecule has 1 aliphatic heterocycles. The third-order valence-corrected chi connectivity index (χ3v) is 4.02. The molecule has 1 heterocycles. The summed E-state index contributed by atoms with van der Waals surface area (Å²) in [6.45, 7) is 0. The van der Waals surface area contributed by atoms with Crippen molar-refractivity contribution in [1.29, 1.82) is 0 Å². The zero-order chi connectivity index (χ0) is 13.4. The molecule has 0 unspecified atom stereocenters. The molecule has 20 heavy (non-hydrogen) atoms. The number of benzene rings is 3. The molecule has 3 aromatic rings. The van der Waals surface area contributed by atoms with Gasteiger partial charge in [0.05, 0.1) is 0 Å². The zero-order valence-electron chi connectivity index (χ0n) is 11.2. The smallest absolute Gasteiger partial charge is 0.144 e. The van der Waals surface area contributed by atoms with Crippen LogP contribution in [0.4, 0.5) is 17.1 Å². The molecule has 0 radical (unpaired) electrons. The third-order valence-electron chi connectivity index (χ3n) is 4.02. The summed E-state index contributed by atoms with van der Waals surface area (Å²) in [7, 11) is 0. The van der Waals surface area contributed by atoms with E-state index in [1.165, 1.54) is 33.1 Å². The van der Waals surface area contributed by atoms with E-state index < -0.39 is 0 Å². The quantitative estimate of drug-likeness (QED) is 0.530. The molecule has 0 spiro atoms. The predicted octanol–water partition coefficient (Wildman–Crippen LogP) is 3.77. The van der Waals surface area contributed by atoms with Crippen LogP contribution < -0.4 is 4.90 Å². The minimum absolute atomic E-state index is 1.03. The first-order chi connectivity index (χ1) is 9.93. The summed E-state index contributed by atoms with van der Waals surface area (Å²) in [6, 6.07) is 28.2. The van der Waals surface area contributed by atoms with Crippen LogP contribution in [0.5, 0.6) is 0 Å². The molecule has 1 N–H and O–H groups in total. The molecular formula is C19H16N+. The van der Waals surface area contributed by atoms with Crippen molar-refractivity contribution in [2.24, 2.45) is 0 Å². The van der Waals surface area contributed by atoms with E-state index in [0.29, 0.717) is 0 Å². The summed E-state index contributed by atoms with van der Waals surface area (Å²) in [5, 5.41) is 0. The molecule has 0 atom stereocenters. The highest BCUT2D eigenvalue weighted by Crippen LogP contribution is 2.28. The van der Waals surface area contributed by atoms with Crippen LogP contribution in [0, 0.1) is 0 Å². The molecular weight excluding hydrogens is 242 g/mol. The molecule has 0 aliphatic carbocycles. The van der Waals surface area contributed by atoms with Crippen LogP contribution in [0.15, 0.2) is 78.9 Å². The van der Waals surface area contributed by atoms with Crippen LogP contribution in [0.1, 0.15) is 11.1 Å². The number of para-hydroxylation sites is 3. The second-order valence-electron chi connectivity index (χ2n) is 5.23. The van der Waals surface area contributed by atoms with Crippen molar-refractivity contribution < 1.29 is 4.90 Å². The minimum Gasteiger partial charge on any atom is -0.237 e. The normalized spacial score (nSPS) is 13.6. The van der Waals surface area contributed by atoms with E-state index in [1.807, 2.05) is 0 Å². The molecule has 0 saturated carbocycles. The van der Waals surface area contributed by atoms with Crippen molar-refractivity contribution in [2.75, 3.05) is 0 Å². The van der Waals surface area contributed by atoms with Crippen molar-refractivity contribution in [3.05, 3.63) is 90.0 Å². The highest BCUT2D eigenvalue weighted by Gasteiger charge is 2.28. The fourth-order valence-corrected chi connectivity index (χ4v) is 3.10. The van der Waals surface area contributed by atoms with Crippen molar-refractivity contribution >= 4 is 17.1 Å². The van der Waals surface area contributed by atoms with Gasteiger partial charge in [0.2, 0.25) is 0 Å². The summed E-state index contributed by atoms with van der Waals surface area (Å²) in [5.74, 6) is 0. The van der Waals surface area contributed by atoms with E-state index in [2.05, 4.69) is 78.9 Å². The monoisotopic (exact) mass is 258 g/mol. The number of quaternary nitrogens is 1. The highest BCUT2D eigenvalue weighted by molar-refractivity contribution is 5.58. The fraction of sp³-hybridized carbons (Fsp3) is 0.0526. The van der Waals surface area contributed by atoms with Gasteiger partial charge in [0.25, 0.3) is 0 Å². The first-order valence-corrected chi connectivity index (χ1v) is 7.02. The molecule has 0 aromatic heterocycles. The van der Waals surface area contributed by atoms with Crippen LogP contribution in [-0.4, -0.2) is 0 Å². The van der Waals surface area contributed by atoms with Gasteiger partial charge < -0.3 is 0 Å². The number of hydrogen-bond donors (Lipinski definition) is 1. The molecule has 4 rings (SSSR count). The summed E-state index contributed by atoms with van der Waals surface area (Å²) >= 11 is 0. The molecule has 1 aliphatic rings. The Hall–Kier alpha value is -2.38. The molecule has 0 bridgehead atoms. The molecule has 0 fully saturated rings. The van der Waals surface area contributed by atoms with Gasteiger partial charge in [0, 0.05) is 29.7 Å². The van der Waals surface area contributed by atoms with Crippen molar-refractivity contribution in [2.45, 2.75) is 6.42 Å². The first kappa shape index (κ1) is 11.4. The predicted molar refractivity (Wildman–Crippen MR) is 82.1 cm³/mol. The van der Waals surface area contributed by atoms with Crippen LogP contribution in [0.2, 0.25) is 0 Å². The maximum Gasteiger partial charge on any atom is 0.144 e. The van der Waals surface area contributed by atoms with Gasteiger partial charge in [0.15, 0.2) is 0 Å². The number of hydrogen-bond acceptors (Lipinski definition) is 0. The molecule has 3 aromatic carbocycles. The molecule has 96 valence electrons. The Labute approximate surface area is 119 Å². The number of rotatable bonds is 1. The van der Waals surface area contributed by atoms with Gasteiger partial charge in [-0.2, -0.15) is 0 Å². The summed E-state index contributed by atoms with van der Waals surface area (Å²) in [6.07, 6.45) is 1.03. The second-order valence-corrected chi connectivity index (χ2v) is 5.23. The van der Waals surface area contributed by atoms with Crippen molar-refractivity contribution in [3.63, 3.8) is 0 Å². The van der Waals surface area contributed by atoms with Crippen LogP contribution in [0.3, 0.4) is 0 Å². The Bertz CT molecular complexity index is 701. The van der Waals surface area contributed by atoms with Crippen molar-refractivity contribution in [1.82, 2.24) is 0 Å². The summed E-state index contributed by atoms with van der Waals surface area (Å²) in [4.78, 5) is 1.36. The van der Waals surface area contributed by atoms with E-state index >= 15 is 0 Å². The fourth-order valence-electron chi connectivity index (χ4n) is 3.10. The van der Waals surface area contributed by atoms with Crippen LogP contribution >= 0.6 is 0 Å². The van der Waals surface area contributed by atoms with Crippen molar-refractivity contribution in [3.8, 4) is 0 Å². The van der Waals surface area contributed by atoms with Gasteiger partial charge in [-0.05, 0) is 12.1 Å². The Balaban J connectivity index is 1.98. The minimum atomic E-state index is 1.03. The molecule has 1 heteroatoms. The van der Waals surface area contributed by atoms with Gasteiger partial charge in [-0.15, -0.1) is 0 Å². The lowest BCUT2D eigenvalue weighted by Gasteiger charge is -2.27. The Kier molecular flexibility index (Phi) is 2.65. The first-order valence-electron chi connectivity index (χ1n) is 7.02. The second kappa shape index (κ2) is 4.62. The standard InChI is InChI=1S/C19H15N/c1-2-10-17(11-3-1)20-18-12-6-4-8-15(18)14-16-9-5-7-13-19(16)20/h1-13H,14H2/p+1. The Morgan fingerprint density at radius 1 is 0.550 bits per heavy atom. The maximum absolute atomic E-state index is 2.24. The van der Waals surface area contributed by atoms with Gasteiger partial charge >= 0.3 is 0 Å². The van der Waals surface area contributed by atoms with E-state index in [9.17, 15) is 0 Å². The number of nitrogens with one attached hydrogen (secondary N) is 1. The molecule has 0 amide bonds. The van der Waals surface area contributed by atoms with E-state index in [0.717, 1.165) is 6.42 Å². The Morgan fingerprint density at radius 3 is 1.65 bits per heavy atom. The average Bonchev–Trinajstić information content (AvgIpc) is 2.53. The largest absolute Gasteiger partial charge is 0.237 e. The van der Waals surface area contributed by atoms with Gasteiger partial charge in [-0.25, -0.2) is 4.90 Å². The van der Waals surface area contributed by atoms with E-state index in [1.54, 1.807) is 0 Å². The van der Waals surface area contributed by atoms with Gasteiger partial charge in [-0.1, -0.05) is 54.6 Å². The van der Waals surface area contributed by atoms with Gasteiger partial charge in [0.1, 0.15) is 17.1 Å². The Morgan fingerprint density at radius 2 is 1.05 bits per heavy atom. The third kappa shape index (κ3) is 1.75. The van der Waals surface area contributed by atoms with Crippen LogP contribution in [0.25, 0.3) is 0 Å². The van der Waals surface area contributed by atoms with Gasteiger partial charge in [-0.3, -0.25) is 0 Å². The highest BCUT2D eigenvalue weighted by atomic mass is 15.2. The lowest BCUT2D eigenvalue weighted by Crippen LogP contribution is -2.97. The summed E-state index contributed by atoms with van der Waals surface area (Å²) in [5.41, 5.74) is 6.89.